The highest BCUT2D eigenvalue weighted by Crippen LogP contribution is 2.40. The lowest BCUT2D eigenvalue weighted by Gasteiger charge is -2.26. The molecule has 2 rings (SSSR count). The second-order valence-electron chi connectivity index (χ2n) is 4.59. The first kappa shape index (κ1) is 13.3. The topological polar surface area (TPSA) is 69.2 Å². The average molecular weight is 270 g/mol. The predicted molar refractivity (Wildman–Crippen MR) is 70.2 cm³/mol. The second-order valence-corrected chi connectivity index (χ2v) is 6.15. The van der Waals surface area contributed by atoms with Gasteiger partial charge >= 0.3 is 0 Å². The summed E-state index contributed by atoms with van der Waals surface area (Å²) >= 11 is 1.79. The van der Waals surface area contributed by atoms with Crippen molar-refractivity contribution in [1.82, 2.24) is 0 Å². The van der Waals surface area contributed by atoms with Crippen LogP contribution in [-0.2, 0) is 6.42 Å². The SMILES string of the molecule is NCC1(Cc2cc(F)cc([N+](=O)[O-])c2)CCCS1. The number of nitrogens with zero attached hydrogens (tertiary/aromatic N) is 1. The van der Waals surface area contributed by atoms with E-state index in [0.29, 0.717) is 18.5 Å². The van der Waals surface area contributed by atoms with Gasteiger partial charge in [0, 0.05) is 17.4 Å². The second kappa shape index (κ2) is 5.24. The fourth-order valence-corrected chi connectivity index (χ4v) is 3.74. The van der Waals surface area contributed by atoms with Crippen molar-refractivity contribution in [2.24, 2.45) is 5.73 Å². The van der Waals surface area contributed by atoms with Gasteiger partial charge in [0.1, 0.15) is 5.82 Å². The number of nitrogens with two attached hydrogens (primary N) is 1. The van der Waals surface area contributed by atoms with Gasteiger partial charge in [-0.15, -0.1) is 0 Å². The summed E-state index contributed by atoms with van der Waals surface area (Å²) in [5, 5.41) is 10.7. The Hall–Kier alpha value is -1.14. The molecule has 4 nitrogen and oxygen atoms in total. The summed E-state index contributed by atoms with van der Waals surface area (Å²) in [7, 11) is 0. The van der Waals surface area contributed by atoms with Crippen LogP contribution in [-0.4, -0.2) is 22.0 Å². The zero-order valence-corrected chi connectivity index (χ0v) is 10.7. The van der Waals surface area contributed by atoms with Gasteiger partial charge in [-0.05, 0) is 36.6 Å². The molecule has 1 aliphatic rings. The van der Waals surface area contributed by atoms with E-state index in [2.05, 4.69) is 0 Å². The molecule has 1 saturated heterocycles. The lowest BCUT2D eigenvalue weighted by Crippen LogP contribution is -2.34. The molecule has 0 aromatic heterocycles. The van der Waals surface area contributed by atoms with Crippen LogP contribution in [0.3, 0.4) is 0 Å². The van der Waals surface area contributed by atoms with E-state index in [-0.39, 0.29) is 10.4 Å². The van der Waals surface area contributed by atoms with Gasteiger partial charge in [-0.1, -0.05) is 0 Å². The number of nitro benzene ring substituents is 1. The van der Waals surface area contributed by atoms with E-state index >= 15 is 0 Å². The van der Waals surface area contributed by atoms with Gasteiger partial charge in [-0.2, -0.15) is 11.8 Å². The number of non-ortho nitro benzene ring substituents is 1. The molecule has 1 unspecified atom stereocenters. The Morgan fingerprint density at radius 2 is 2.28 bits per heavy atom. The van der Waals surface area contributed by atoms with Gasteiger partial charge in [0.2, 0.25) is 0 Å². The van der Waals surface area contributed by atoms with Gasteiger partial charge in [-0.3, -0.25) is 10.1 Å². The molecule has 0 spiro atoms. The number of rotatable bonds is 4. The summed E-state index contributed by atoms with van der Waals surface area (Å²) in [6, 6.07) is 3.75. The minimum absolute atomic E-state index is 0.0817. The molecular weight excluding hydrogens is 255 g/mol. The monoisotopic (exact) mass is 270 g/mol. The first-order valence-corrected chi connectivity index (χ1v) is 6.81. The number of hydrogen-bond acceptors (Lipinski definition) is 4. The molecule has 1 aromatic rings. The number of nitro groups is 1. The highest BCUT2D eigenvalue weighted by molar-refractivity contribution is 8.00. The van der Waals surface area contributed by atoms with Crippen molar-refractivity contribution >= 4 is 17.4 Å². The van der Waals surface area contributed by atoms with Crippen molar-refractivity contribution in [1.29, 1.82) is 0 Å². The van der Waals surface area contributed by atoms with Crippen LogP contribution in [0.4, 0.5) is 10.1 Å². The van der Waals surface area contributed by atoms with E-state index in [4.69, 9.17) is 5.73 Å². The molecule has 1 fully saturated rings. The number of benzene rings is 1. The molecule has 0 bridgehead atoms. The van der Waals surface area contributed by atoms with Crippen molar-refractivity contribution in [2.75, 3.05) is 12.3 Å². The van der Waals surface area contributed by atoms with Crippen molar-refractivity contribution in [2.45, 2.75) is 24.0 Å². The van der Waals surface area contributed by atoms with Crippen molar-refractivity contribution in [3.05, 3.63) is 39.7 Å². The standard InChI is InChI=1S/C12H15FN2O2S/c13-10-4-9(5-11(6-10)15(16)17)7-12(8-14)2-1-3-18-12/h4-6H,1-3,7-8,14H2. The summed E-state index contributed by atoms with van der Waals surface area (Å²) in [5.41, 5.74) is 6.26. The fraction of sp³-hybridized carbons (Fsp3) is 0.500. The third-order valence-corrected chi connectivity index (χ3v) is 4.86. The largest absolute Gasteiger partial charge is 0.329 e. The minimum atomic E-state index is -0.566. The molecule has 1 atom stereocenters. The zero-order valence-electron chi connectivity index (χ0n) is 9.89. The average Bonchev–Trinajstić information content (AvgIpc) is 2.77. The third kappa shape index (κ3) is 2.81. The van der Waals surface area contributed by atoms with E-state index < -0.39 is 10.7 Å². The lowest BCUT2D eigenvalue weighted by molar-refractivity contribution is -0.385. The molecule has 0 aliphatic carbocycles. The van der Waals surface area contributed by atoms with E-state index in [1.165, 1.54) is 12.1 Å². The zero-order chi connectivity index (χ0) is 13.2. The number of thioether (sulfide) groups is 1. The van der Waals surface area contributed by atoms with E-state index in [9.17, 15) is 14.5 Å². The predicted octanol–water partition coefficient (Wildman–Crippen LogP) is 2.50. The van der Waals surface area contributed by atoms with Gasteiger partial charge in [0.25, 0.3) is 5.69 Å². The van der Waals surface area contributed by atoms with Gasteiger partial charge in [0.15, 0.2) is 0 Å². The lowest BCUT2D eigenvalue weighted by atomic mass is 9.94. The van der Waals surface area contributed by atoms with Crippen molar-refractivity contribution in [3.63, 3.8) is 0 Å². The smallest absolute Gasteiger partial charge is 0.272 e. The number of hydrogen-bond donors (Lipinski definition) is 1. The normalized spacial score (nSPS) is 23.2. The first-order valence-electron chi connectivity index (χ1n) is 5.83. The first-order chi connectivity index (χ1) is 8.54. The van der Waals surface area contributed by atoms with Crippen LogP contribution >= 0.6 is 11.8 Å². The Morgan fingerprint density at radius 3 is 2.83 bits per heavy atom. The molecule has 0 radical (unpaired) electrons. The van der Waals surface area contributed by atoms with Crippen LogP contribution in [0.1, 0.15) is 18.4 Å². The molecule has 1 aromatic carbocycles. The molecule has 0 amide bonds. The maximum Gasteiger partial charge on any atom is 0.272 e. The maximum atomic E-state index is 13.3. The Morgan fingerprint density at radius 1 is 1.50 bits per heavy atom. The van der Waals surface area contributed by atoms with Gasteiger partial charge in [-0.25, -0.2) is 4.39 Å². The van der Waals surface area contributed by atoms with Crippen molar-refractivity contribution in [3.8, 4) is 0 Å². The molecule has 1 heterocycles. The van der Waals surface area contributed by atoms with Crippen molar-refractivity contribution < 1.29 is 9.31 Å². The molecule has 2 N–H and O–H groups in total. The molecule has 1 aliphatic heterocycles. The molecular formula is C12H15FN2O2S. The Kier molecular flexibility index (Phi) is 3.87. The number of halogens is 1. The summed E-state index contributed by atoms with van der Waals surface area (Å²) in [6.45, 7) is 0.516. The highest BCUT2D eigenvalue weighted by Gasteiger charge is 2.33. The van der Waals surface area contributed by atoms with Crippen LogP contribution in [0.5, 0.6) is 0 Å². The summed E-state index contributed by atoms with van der Waals surface area (Å²) in [4.78, 5) is 10.1. The third-order valence-electron chi connectivity index (χ3n) is 3.24. The summed E-state index contributed by atoms with van der Waals surface area (Å²) in [5.74, 6) is 0.489. The fourth-order valence-electron chi connectivity index (χ4n) is 2.34. The molecule has 98 valence electrons. The Labute approximate surface area is 109 Å². The minimum Gasteiger partial charge on any atom is -0.329 e. The van der Waals surface area contributed by atoms with E-state index in [0.717, 1.165) is 24.7 Å². The summed E-state index contributed by atoms with van der Waals surface area (Å²) < 4.78 is 13.3. The Balaban J connectivity index is 2.25. The van der Waals surface area contributed by atoms with Crippen LogP contribution in [0, 0.1) is 15.9 Å². The van der Waals surface area contributed by atoms with Gasteiger partial charge < -0.3 is 5.73 Å². The van der Waals surface area contributed by atoms with Crippen LogP contribution in [0.15, 0.2) is 18.2 Å². The van der Waals surface area contributed by atoms with E-state index in [1.54, 1.807) is 11.8 Å². The summed E-state index contributed by atoms with van der Waals surface area (Å²) in [6.07, 6.45) is 2.67. The van der Waals surface area contributed by atoms with Crippen LogP contribution in [0.25, 0.3) is 0 Å². The highest BCUT2D eigenvalue weighted by atomic mass is 32.2. The van der Waals surface area contributed by atoms with Crippen LogP contribution in [0.2, 0.25) is 0 Å². The maximum absolute atomic E-state index is 13.3. The quantitative estimate of drug-likeness (QED) is 0.674. The molecule has 6 heteroatoms. The Bertz CT molecular complexity index is 461. The van der Waals surface area contributed by atoms with E-state index in [1.807, 2.05) is 0 Å². The van der Waals surface area contributed by atoms with Gasteiger partial charge in [0.05, 0.1) is 11.0 Å². The molecule has 0 saturated carbocycles. The molecule has 18 heavy (non-hydrogen) atoms. The van der Waals surface area contributed by atoms with Crippen LogP contribution < -0.4 is 5.73 Å².